The van der Waals surface area contributed by atoms with Gasteiger partial charge in [0.2, 0.25) is 5.95 Å². The van der Waals surface area contributed by atoms with E-state index in [0.717, 1.165) is 92.9 Å². The highest BCUT2D eigenvalue weighted by Crippen LogP contribution is 2.48. The molecule has 5 nitrogen and oxygen atoms in total. The molecule has 0 saturated carbocycles. The second-order valence-electron chi connectivity index (χ2n) is 15.5. The van der Waals surface area contributed by atoms with Crippen molar-refractivity contribution < 1.29 is 4.42 Å². The molecule has 0 amide bonds. The van der Waals surface area contributed by atoms with E-state index in [4.69, 9.17) is 19.4 Å². The molecular weight excluding hydrogens is 733 g/mol. The van der Waals surface area contributed by atoms with Gasteiger partial charge in [0, 0.05) is 49.2 Å². The fourth-order valence-electron chi connectivity index (χ4n) is 9.56. The molecule has 5 heteroatoms. The minimum Gasteiger partial charge on any atom is -0.455 e. The summed E-state index contributed by atoms with van der Waals surface area (Å²) in [6, 6.07) is 68.5. The van der Waals surface area contributed by atoms with Crippen LogP contribution >= 0.6 is 0 Å². The van der Waals surface area contributed by atoms with Crippen LogP contribution in [0.5, 0.6) is 0 Å². The van der Waals surface area contributed by atoms with Crippen molar-refractivity contribution in [3.63, 3.8) is 0 Å². The van der Waals surface area contributed by atoms with Crippen LogP contribution < -0.4 is 0 Å². The first-order valence-corrected chi connectivity index (χ1v) is 20.3. The molecule has 3 heterocycles. The van der Waals surface area contributed by atoms with Crippen LogP contribution in [0.15, 0.2) is 199 Å². The largest absolute Gasteiger partial charge is 0.455 e. The van der Waals surface area contributed by atoms with Crippen LogP contribution in [0.2, 0.25) is 0 Å². The summed E-state index contributed by atoms with van der Waals surface area (Å²) < 4.78 is 9.20. The Hall–Kier alpha value is -8.15. The van der Waals surface area contributed by atoms with Gasteiger partial charge in [0.05, 0.1) is 11.0 Å². The molecule has 0 spiro atoms. The van der Waals surface area contributed by atoms with Crippen LogP contribution in [0.3, 0.4) is 0 Å². The maximum atomic E-state index is 6.89. The lowest BCUT2D eigenvalue weighted by atomic mass is 9.93. The van der Waals surface area contributed by atoms with E-state index in [9.17, 15) is 0 Å². The average Bonchev–Trinajstić information content (AvgIpc) is 3.87. The summed E-state index contributed by atoms with van der Waals surface area (Å²) in [6.07, 6.45) is 0. The van der Waals surface area contributed by atoms with Crippen LogP contribution in [-0.4, -0.2) is 19.5 Å². The van der Waals surface area contributed by atoms with Crippen LogP contribution in [0, 0.1) is 0 Å². The standard InChI is InChI=1S/C55H32N4O/c1-2-16-34(17-3-1)53-56-54(37-30-29-33-15-4-5-18-35(33)31-37)58-55(57-53)59-50-44(48-42-24-10-8-21-39(42)40-22-9-11-25-43(40)51(48)59)26-14-27-45(50)49-38-20-7-6-19-36(38)32-46-41-23-12-13-28-47(41)60-52(46)49/h1-32H. The van der Waals surface area contributed by atoms with E-state index in [1.165, 1.54) is 16.2 Å². The van der Waals surface area contributed by atoms with Crippen LogP contribution in [0.25, 0.3) is 127 Å². The summed E-state index contributed by atoms with van der Waals surface area (Å²) in [7, 11) is 0. The molecule has 3 aromatic heterocycles. The highest BCUT2D eigenvalue weighted by Gasteiger charge is 2.26. The number of fused-ring (bicyclic) bond motifs is 13. The van der Waals surface area contributed by atoms with Gasteiger partial charge in [-0.3, -0.25) is 4.57 Å². The number of rotatable bonds is 4. The number of para-hydroxylation sites is 2. The highest BCUT2D eigenvalue weighted by molar-refractivity contribution is 6.34. The van der Waals surface area contributed by atoms with Crippen molar-refractivity contribution in [2.75, 3.05) is 0 Å². The molecule has 0 aliphatic heterocycles. The van der Waals surface area contributed by atoms with Crippen molar-refractivity contribution in [3.8, 4) is 39.9 Å². The predicted molar refractivity (Wildman–Crippen MR) is 248 cm³/mol. The van der Waals surface area contributed by atoms with E-state index in [2.05, 4.69) is 174 Å². The Kier molecular flexibility index (Phi) is 6.95. The van der Waals surface area contributed by atoms with Crippen LogP contribution in [-0.2, 0) is 0 Å². The number of hydrogen-bond acceptors (Lipinski definition) is 4. The Morgan fingerprint density at radius 1 is 0.367 bits per heavy atom. The van der Waals surface area contributed by atoms with Crippen LogP contribution in [0.4, 0.5) is 0 Å². The lowest BCUT2D eigenvalue weighted by Crippen LogP contribution is -2.07. The molecule has 0 bridgehead atoms. The maximum Gasteiger partial charge on any atom is 0.238 e. The quantitative estimate of drug-likeness (QED) is 0.167. The minimum atomic E-state index is 0.543. The smallest absolute Gasteiger partial charge is 0.238 e. The number of nitrogens with zero attached hydrogens (tertiary/aromatic N) is 4. The Labute approximate surface area is 343 Å². The number of aromatic nitrogens is 4. The molecule has 0 saturated heterocycles. The van der Waals surface area contributed by atoms with Gasteiger partial charge >= 0.3 is 0 Å². The van der Waals surface area contributed by atoms with Gasteiger partial charge < -0.3 is 4.42 Å². The summed E-state index contributed by atoms with van der Waals surface area (Å²) in [5.74, 6) is 1.75. The summed E-state index contributed by atoms with van der Waals surface area (Å²) >= 11 is 0. The molecule has 13 aromatic rings. The third kappa shape index (κ3) is 4.77. The minimum absolute atomic E-state index is 0.543. The van der Waals surface area contributed by atoms with Gasteiger partial charge in [-0.05, 0) is 55.9 Å². The Morgan fingerprint density at radius 3 is 1.80 bits per heavy atom. The maximum absolute atomic E-state index is 6.89. The molecule has 10 aromatic carbocycles. The van der Waals surface area contributed by atoms with E-state index in [1.807, 2.05) is 24.3 Å². The molecule has 0 unspecified atom stereocenters. The fraction of sp³-hybridized carbons (Fsp3) is 0. The van der Waals surface area contributed by atoms with Gasteiger partial charge in [0.1, 0.15) is 11.2 Å². The molecule has 0 aliphatic carbocycles. The number of benzene rings is 10. The van der Waals surface area contributed by atoms with Crippen molar-refractivity contribution in [1.82, 2.24) is 19.5 Å². The molecule has 0 radical (unpaired) electrons. The summed E-state index contributed by atoms with van der Waals surface area (Å²) in [4.78, 5) is 16.1. The molecule has 13 rings (SSSR count). The third-order valence-corrected chi connectivity index (χ3v) is 12.2. The first-order chi connectivity index (χ1) is 29.8. The third-order valence-electron chi connectivity index (χ3n) is 12.2. The highest BCUT2D eigenvalue weighted by atomic mass is 16.3. The molecule has 0 N–H and O–H groups in total. The second-order valence-corrected chi connectivity index (χ2v) is 15.5. The first-order valence-electron chi connectivity index (χ1n) is 20.3. The Morgan fingerprint density at radius 2 is 0.983 bits per heavy atom. The van der Waals surface area contributed by atoms with Gasteiger partial charge in [-0.25, -0.2) is 4.98 Å². The SMILES string of the molecule is c1ccc(-c2nc(-c3ccc4ccccc4c3)nc(-n3c4c(-c5c6ccccc6cc6c5oc5ccccc56)cccc4c4c5ccccc5c5ccccc5c43)n2)cc1. The lowest BCUT2D eigenvalue weighted by Gasteiger charge is -2.15. The van der Waals surface area contributed by atoms with E-state index in [0.29, 0.717) is 17.6 Å². The second kappa shape index (κ2) is 12.7. The van der Waals surface area contributed by atoms with Gasteiger partial charge in [-0.2, -0.15) is 9.97 Å². The van der Waals surface area contributed by atoms with E-state index < -0.39 is 0 Å². The zero-order chi connectivity index (χ0) is 39.3. The van der Waals surface area contributed by atoms with Crippen molar-refractivity contribution in [2.24, 2.45) is 0 Å². The average molecular weight is 765 g/mol. The first kappa shape index (κ1) is 32.9. The Bertz CT molecular complexity index is 3900. The van der Waals surface area contributed by atoms with E-state index in [1.54, 1.807) is 0 Å². The fourth-order valence-corrected chi connectivity index (χ4v) is 9.56. The topological polar surface area (TPSA) is 56.7 Å². The normalized spacial score (nSPS) is 12.0. The van der Waals surface area contributed by atoms with Gasteiger partial charge in [0.25, 0.3) is 0 Å². The molecule has 0 fully saturated rings. The van der Waals surface area contributed by atoms with Gasteiger partial charge in [-0.15, -0.1) is 0 Å². The molecule has 278 valence electrons. The Balaban J connectivity index is 1.25. The molecular formula is C55H32N4O. The monoisotopic (exact) mass is 764 g/mol. The lowest BCUT2D eigenvalue weighted by molar-refractivity contribution is 0.670. The predicted octanol–water partition coefficient (Wildman–Crippen LogP) is 14.5. The van der Waals surface area contributed by atoms with Gasteiger partial charge in [-0.1, -0.05) is 176 Å². The molecule has 60 heavy (non-hydrogen) atoms. The number of hydrogen-bond donors (Lipinski definition) is 0. The number of furan rings is 1. The summed E-state index contributed by atoms with van der Waals surface area (Å²) in [5, 5.41) is 13.6. The summed E-state index contributed by atoms with van der Waals surface area (Å²) in [5.41, 5.74) is 7.66. The summed E-state index contributed by atoms with van der Waals surface area (Å²) in [6.45, 7) is 0. The van der Waals surface area contributed by atoms with Gasteiger partial charge in [0.15, 0.2) is 11.6 Å². The zero-order valence-corrected chi connectivity index (χ0v) is 32.2. The van der Waals surface area contributed by atoms with Crippen molar-refractivity contribution in [2.45, 2.75) is 0 Å². The van der Waals surface area contributed by atoms with E-state index >= 15 is 0 Å². The van der Waals surface area contributed by atoms with Crippen molar-refractivity contribution in [3.05, 3.63) is 194 Å². The molecule has 0 aliphatic rings. The van der Waals surface area contributed by atoms with Crippen LogP contribution in [0.1, 0.15) is 0 Å². The van der Waals surface area contributed by atoms with Crippen molar-refractivity contribution in [1.29, 1.82) is 0 Å². The zero-order valence-electron chi connectivity index (χ0n) is 32.2. The molecule has 0 atom stereocenters. The van der Waals surface area contributed by atoms with Crippen molar-refractivity contribution >= 4 is 86.8 Å². The van der Waals surface area contributed by atoms with E-state index in [-0.39, 0.29) is 0 Å².